The molecule has 0 radical (unpaired) electrons. The van der Waals surface area contributed by atoms with Crippen LogP contribution in [0.25, 0.3) is 0 Å². The Morgan fingerprint density at radius 1 is 1.62 bits per heavy atom. The van der Waals surface area contributed by atoms with Crippen LogP contribution in [0.15, 0.2) is 6.20 Å². The van der Waals surface area contributed by atoms with Gasteiger partial charge >= 0.3 is 6.03 Å². The standard InChI is InChI=1S/C10H17N3O2S/c1-3-8-7-11-9(16-8)12-10(15)13(4-2)5-6-14/h7,14H,3-6H2,1-2H3,(H,11,12,15). The Balaban J connectivity index is 2.55. The number of likely N-dealkylation sites (N-methyl/N-ethyl adjacent to an activating group) is 1. The Morgan fingerprint density at radius 2 is 2.38 bits per heavy atom. The molecule has 16 heavy (non-hydrogen) atoms. The summed E-state index contributed by atoms with van der Waals surface area (Å²) in [5.41, 5.74) is 0. The molecule has 0 bridgehead atoms. The highest BCUT2D eigenvalue weighted by Crippen LogP contribution is 2.18. The van der Waals surface area contributed by atoms with Gasteiger partial charge in [0.15, 0.2) is 5.13 Å². The van der Waals surface area contributed by atoms with Crippen LogP contribution in [-0.4, -0.2) is 40.7 Å². The number of carbonyl (C=O) groups is 1. The summed E-state index contributed by atoms with van der Waals surface area (Å²) in [5.74, 6) is 0. The van der Waals surface area contributed by atoms with Gasteiger partial charge in [-0.05, 0) is 13.3 Å². The Hall–Kier alpha value is -1.14. The van der Waals surface area contributed by atoms with Gasteiger partial charge in [-0.25, -0.2) is 9.78 Å². The first kappa shape index (κ1) is 12.9. The number of amides is 2. The molecule has 90 valence electrons. The number of rotatable bonds is 5. The van der Waals surface area contributed by atoms with Gasteiger partial charge in [-0.15, -0.1) is 11.3 Å². The van der Waals surface area contributed by atoms with Crippen LogP contribution in [0.1, 0.15) is 18.7 Å². The lowest BCUT2D eigenvalue weighted by Crippen LogP contribution is -2.36. The molecular formula is C10H17N3O2S. The smallest absolute Gasteiger partial charge is 0.323 e. The quantitative estimate of drug-likeness (QED) is 0.824. The summed E-state index contributed by atoms with van der Waals surface area (Å²) in [4.78, 5) is 18.5. The number of nitrogens with zero attached hydrogens (tertiary/aromatic N) is 2. The average molecular weight is 243 g/mol. The third-order valence-electron chi connectivity index (χ3n) is 2.15. The highest BCUT2D eigenvalue weighted by molar-refractivity contribution is 7.15. The second-order valence-corrected chi connectivity index (χ2v) is 4.33. The minimum atomic E-state index is -0.214. The molecule has 6 heteroatoms. The molecule has 0 aliphatic carbocycles. The van der Waals surface area contributed by atoms with Crippen molar-refractivity contribution in [2.75, 3.05) is 25.0 Å². The summed E-state index contributed by atoms with van der Waals surface area (Å²) in [7, 11) is 0. The van der Waals surface area contributed by atoms with E-state index in [9.17, 15) is 4.79 Å². The molecule has 0 spiro atoms. The van der Waals surface area contributed by atoms with Crippen molar-refractivity contribution in [1.82, 2.24) is 9.88 Å². The SMILES string of the molecule is CCc1cnc(NC(=O)N(CC)CCO)s1. The van der Waals surface area contributed by atoms with Gasteiger partial charge in [0.25, 0.3) is 0 Å². The third-order valence-corrected chi connectivity index (χ3v) is 3.21. The zero-order valence-electron chi connectivity index (χ0n) is 9.56. The van der Waals surface area contributed by atoms with Crippen molar-refractivity contribution in [3.05, 3.63) is 11.1 Å². The normalized spacial score (nSPS) is 10.2. The van der Waals surface area contributed by atoms with E-state index >= 15 is 0 Å². The first-order valence-corrected chi connectivity index (χ1v) is 6.14. The molecule has 0 unspecified atom stereocenters. The fraction of sp³-hybridized carbons (Fsp3) is 0.600. The number of hydrogen-bond acceptors (Lipinski definition) is 4. The van der Waals surface area contributed by atoms with Gasteiger partial charge in [0.05, 0.1) is 6.61 Å². The molecule has 0 aromatic carbocycles. The molecule has 0 saturated carbocycles. The highest BCUT2D eigenvalue weighted by Gasteiger charge is 2.12. The van der Waals surface area contributed by atoms with E-state index in [1.807, 2.05) is 13.8 Å². The van der Waals surface area contributed by atoms with Crippen LogP contribution >= 0.6 is 11.3 Å². The second-order valence-electron chi connectivity index (χ2n) is 3.22. The summed E-state index contributed by atoms with van der Waals surface area (Å²) in [5, 5.41) is 12.1. The first-order chi connectivity index (χ1) is 7.71. The fourth-order valence-corrected chi connectivity index (χ4v) is 1.97. The molecule has 1 heterocycles. The summed E-state index contributed by atoms with van der Waals surface area (Å²) >= 11 is 1.47. The highest BCUT2D eigenvalue weighted by atomic mass is 32.1. The summed E-state index contributed by atoms with van der Waals surface area (Å²) in [6.45, 7) is 4.80. The molecule has 1 rings (SSSR count). The zero-order chi connectivity index (χ0) is 12.0. The number of anilines is 1. The van der Waals surface area contributed by atoms with Crippen molar-refractivity contribution in [1.29, 1.82) is 0 Å². The van der Waals surface area contributed by atoms with Crippen molar-refractivity contribution in [2.45, 2.75) is 20.3 Å². The Labute approximate surface area is 99.1 Å². The van der Waals surface area contributed by atoms with Gasteiger partial charge in [-0.2, -0.15) is 0 Å². The fourth-order valence-electron chi connectivity index (χ4n) is 1.22. The van der Waals surface area contributed by atoms with Crippen molar-refractivity contribution < 1.29 is 9.90 Å². The van der Waals surface area contributed by atoms with Crippen molar-refractivity contribution in [3.63, 3.8) is 0 Å². The number of aryl methyl sites for hydroxylation is 1. The van der Waals surface area contributed by atoms with E-state index in [4.69, 9.17) is 5.11 Å². The predicted molar refractivity (Wildman–Crippen MR) is 64.8 cm³/mol. The van der Waals surface area contributed by atoms with E-state index in [1.54, 1.807) is 6.20 Å². The Bertz CT molecular complexity index is 341. The van der Waals surface area contributed by atoms with Crippen molar-refractivity contribution >= 4 is 22.5 Å². The van der Waals surface area contributed by atoms with Gasteiger partial charge < -0.3 is 10.0 Å². The van der Waals surface area contributed by atoms with E-state index in [0.717, 1.165) is 11.3 Å². The van der Waals surface area contributed by atoms with E-state index in [1.165, 1.54) is 16.2 Å². The molecule has 2 N–H and O–H groups in total. The Kier molecular flexibility index (Phi) is 5.21. The maximum atomic E-state index is 11.7. The lowest BCUT2D eigenvalue weighted by atomic mass is 10.4. The summed E-state index contributed by atoms with van der Waals surface area (Å²) < 4.78 is 0. The maximum Gasteiger partial charge on any atom is 0.323 e. The largest absolute Gasteiger partial charge is 0.395 e. The van der Waals surface area contributed by atoms with E-state index in [2.05, 4.69) is 10.3 Å². The van der Waals surface area contributed by atoms with E-state index < -0.39 is 0 Å². The predicted octanol–water partition coefficient (Wildman–Crippen LogP) is 1.55. The van der Waals surface area contributed by atoms with Crippen LogP contribution in [0.5, 0.6) is 0 Å². The number of aromatic nitrogens is 1. The number of thiazole rings is 1. The molecule has 2 amide bonds. The molecule has 0 fully saturated rings. The summed E-state index contributed by atoms with van der Waals surface area (Å²) in [6.07, 6.45) is 2.68. The molecule has 1 aromatic rings. The molecule has 1 aromatic heterocycles. The number of urea groups is 1. The molecule has 0 atom stereocenters. The Morgan fingerprint density at radius 3 is 2.88 bits per heavy atom. The first-order valence-electron chi connectivity index (χ1n) is 5.32. The summed E-state index contributed by atoms with van der Waals surface area (Å²) in [6, 6.07) is -0.214. The number of hydrogen-bond donors (Lipinski definition) is 2. The number of aliphatic hydroxyl groups is 1. The molecular weight excluding hydrogens is 226 g/mol. The van der Waals surface area contributed by atoms with Crippen LogP contribution in [-0.2, 0) is 6.42 Å². The van der Waals surface area contributed by atoms with Crippen LogP contribution in [0.2, 0.25) is 0 Å². The molecule has 0 saturated heterocycles. The van der Waals surface area contributed by atoms with Gasteiger partial charge in [0.1, 0.15) is 0 Å². The maximum absolute atomic E-state index is 11.7. The number of nitrogens with one attached hydrogen (secondary N) is 1. The second kappa shape index (κ2) is 6.44. The van der Waals surface area contributed by atoms with Crippen molar-refractivity contribution in [3.8, 4) is 0 Å². The lowest BCUT2D eigenvalue weighted by Gasteiger charge is -2.18. The van der Waals surface area contributed by atoms with Gasteiger partial charge in [-0.1, -0.05) is 6.92 Å². The van der Waals surface area contributed by atoms with Crippen LogP contribution in [0, 0.1) is 0 Å². The van der Waals surface area contributed by atoms with E-state index in [0.29, 0.717) is 18.2 Å². The molecule has 0 aliphatic rings. The van der Waals surface area contributed by atoms with Crippen LogP contribution < -0.4 is 5.32 Å². The minimum absolute atomic E-state index is 0.0284. The topological polar surface area (TPSA) is 65.5 Å². The zero-order valence-corrected chi connectivity index (χ0v) is 10.4. The van der Waals surface area contributed by atoms with Gasteiger partial charge in [0, 0.05) is 24.2 Å². The van der Waals surface area contributed by atoms with Gasteiger partial charge in [0.2, 0.25) is 0 Å². The number of carbonyl (C=O) groups excluding carboxylic acids is 1. The lowest BCUT2D eigenvalue weighted by molar-refractivity contribution is 0.192. The van der Waals surface area contributed by atoms with E-state index in [-0.39, 0.29) is 12.6 Å². The number of aliphatic hydroxyl groups excluding tert-OH is 1. The van der Waals surface area contributed by atoms with Crippen LogP contribution in [0.4, 0.5) is 9.93 Å². The van der Waals surface area contributed by atoms with Crippen molar-refractivity contribution in [2.24, 2.45) is 0 Å². The van der Waals surface area contributed by atoms with Crippen LogP contribution in [0.3, 0.4) is 0 Å². The van der Waals surface area contributed by atoms with Gasteiger partial charge in [-0.3, -0.25) is 5.32 Å². The molecule has 0 aliphatic heterocycles. The minimum Gasteiger partial charge on any atom is -0.395 e. The molecule has 5 nitrogen and oxygen atoms in total. The average Bonchev–Trinajstić information content (AvgIpc) is 2.73. The monoisotopic (exact) mass is 243 g/mol. The third kappa shape index (κ3) is 3.46.